The van der Waals surface area contributed by atoms with E-state index < -0.39 is 11.4 Å². The van der Waals surface area contributed by atoms with E-state index in [1.54, 1.807) is 25.4 Å². The van der Waals surface area contributed by atoms with Crippen LogP contribution in [0.25, 0.3) is 16.9 Å². The number of nitrogens with zero attached hydrogens (tertiary/aromatic N) is 5. The largest absolute Gasteiger partial charge is 0.491 e. The Kier molecular flexibility index (Phi) is 5.83. The average Bonchev–Trinajstić information content (AvgIpc) is 3.40. The molecule has 3 aromatic heterocycles. The van der Waals surface area contributed by atoms with E-state index in [-0.39, 0.29) is 42.6 Å². The predicted octanol–water partition coefficient (Wildman–Crippen LogP) is 2.81. The molecule has 11 nitrogen and oxygen atoms in total. The zero-order valence-corrected chi connectivity index (χ0v) is 22.0. The van der Waals surface area contributed by atoms with Gasteiger partial charge in [-0.15, -0.1) is 5.10 Å². The summed E-state index contributed by atoms with van der Waals surface area (Å²) < 4.78 is 16.4. The molecule has 202 valence electrons. The number of benzene rings is 1. The first-order valence-corrected chi connectivity index (χ1v) is 12.8. The number of pyridine rings is 2. The fourth-order valence-electron chi connectivity index (χ4n) is 5.84. The summed E-state index contributed by atoms with van der Waals surface area (Å²) in [5.41, 5.74) is 2.53. The predicted molar refractivity (Wildman–Crippen MR) is 143 cm³/mol. The van der Waals surface area contributed by atoms with Crippen molar-refractivity contribution in [3.05, 3.63) is 86.2 Å². The maximum Gasteiger partial charge on any atom is 0.350 e. The van der Waals surface area contributed by atoms with E-state index in [4.69, 9.17) is 9.47 Å². The Bertz CT molecular complexity index is 1730. The highest BCUT2D eigenvalue weighted by Crippen LogP contribution is 2.49. The summed E-state index contributed by atoms with van der Waals surface area (Å²) in [5, 5.41) is 16.1. The number of carboxylic acids is 1. The molecule has 0 saturated carbocycles. The number of carbonyl (C=O) groups is 1. The highest BCUT2D eigenvalue weighted by molar-refractivity contribution is 5.88. The van der Waals surface area contributed by atoms with E-state index in [9.17, 15) is 19.5 Å². The number of hydrogen-bond donors (Lipinski definition) is 1. The number of hydrogen-bond acceptors (Lipinski definition) is 7. The van der Waals surface area contributed by atoms with Crippen LogP contribution in [0.2, 0.25) is 0 Å². The van der Waals surface area contributed by atoms with Crippen molar-refractivity contribution in [2.75, 3.05) is 18.7 Å². The first-order chi connectivity index (χ1) is 18.7. The second-order valence-corrected chi connectivity index (χ2v) is 10.6. The van der Waals surface area contributed by atoms with Gasteiger partial charge in [0.15, 0.2) is 11.1 Å². The van der Waals surface area contributed by atoms with Crippen molar-refractivity contribution >= 4 is 11.6 Å². The highest BCUT2D eigenvalue weighted by Gasteiger charge is 2.45. The van der Waals surface area contributed by atoms with Crippen molar-refractivity contribution in [2.24, 2.45) is 0 Å². The van der Waals surface area contributed by atoms with E-state index >= 15 is 0 Å². The van der Waals surface area contributed by atoms with E-state index in [1.165, 1.54) is 21.3 Å². The standard InChI is InChI=1S/C28H29N5O6/c1-28(2)8-7-21-19-13-24(39-11-10-31-27(37)30-9-5-4-6-25(30)29-31)17(16-38-3)12-18(19)22-14-23(34)20(26(35)36)15-32(22)33(21)28/h4-6,9,12-15,21H,7-8,10-11,16H2,1-3H3,(H,35,36)/t21-/m1/s1. The molecule has 1 fully saturated rings. The molecule has 39 heavy (non-hydrogen) atoms. The number of aromatic carboxylic acids is 1. The second kappa shape index (κ2) is 9.12. The third-order valence-corrected chi connectivity index (χ3v) is 7.66. The Morgan fingerprint density at radius 2 is 2.03 bits per heavy atom. The lowest BCUT2D eigenvalue weighted by Gasteiger charge is -2.44. The molecule has 4 aromatic rings. The SMILES string of the molecule is COCc1cc2c(cc1OCCn1nc3ccccn3c1=O)[C@H]1CCC(C)(C)N1n1cc(C(=O)O)c(=O)cc1-2. The lowest BCUT2D eigenvalue weighted by molar-refractivity contribution is 0.0694. The lowest BCUT2D eigenvalue weighted by Crippen LogP contribution is -2.50. The number of carboxylic acid groups (broad SMARTS) is 1. The summed E-state index contributed by atoms with van der Waals surface area (Å²) in [6.45, 7) is 4.99. The molecule has 1 N–H and O–H groups in total. The fraction of sp³-hybridized carbons (Fsp3) is 0.357. The van der Waals surface area contributed by atoms with Gasteiger partial charge in [0.2, 0.25) is 0 Å². The van der Waals surface area contributed by atoms with Gasteiger partial charge in [-0.3, -0.25) is 18.9 Å². The smallest absolute Gasteiger partial charge is 0.350 e. The Hall–Kier alpha value is -4.38. The van der Waals surface area contributed by atoms with Crippen molar-refractivity contribution < 1.29 is 19.4 Å². The number of ether oxygens (including phenoxy) is 2. The van der Waals surface area contributed by atoms with Crippen LogP contribution >= 0.6 is 0 Å². The molecule has 0 aliphatic carbocycles. The van der Waals surface area contributed by atoms with E-state index in [0.29, 0.717) is 17.1 Å². The second-order valence-electron chi connectivity index (χ2n) is 10.6. The number of fused-ring (bicyclic) bond motifs is 7. The summed E-state index contributed by atoms with van der Waals surface area (Å²) in [5.74, 6) is -0.613. The van der Waals surface area contributed by atoms with Crippen molar-refractivity contribution in [1.29, 1.82) is 0 Å². The maximum absolute atomic E-state index is 12.7. The molecular weight excluding hydrogens is 502 g/mol. The van der Waals surface area contributed by atoms with Crippen molar-refractivity contribution in [2.45, 2.75) is 51.4 Å². The molecule has 1 aromatic carbocycles. The maximum atomic E-state index is 12.7. The molecule has 0 amide bonds. The number of aromatic nitrogens is 4. The number of methoxy groups -OCH3 is 1. The normalized spacial score (nSPS) is 17.1. The van der Waals surface area contributed by atoms with Gasteiger partial charge in [0.1, 0.15) is 17.9 Å². The van der Waals surface area contributed by atoms with Gasteiger partial charge in [-0.05, 0) is 56.5 Å². The van der Waals surface area contributed by atoms with Crippen LogP contribution in [0.1, 0.15) is 54.2 Å². The molecule has 5 heterocycles. The number of rotatable bonds is 7. The third-order valence-electron chi connectivity index (χ3n) is 7.66. The first kappa shape index (κ1) is 24.9. The molecule has 0 radical (unpaired) electrons. The van der Waals surface area contributed by atoms with Crippen molar-refractivity contribution in [3.63, 3.8) is 0 Å². The van der Waals surface area contributed by atoms with Gasteiger partial charge < -0.3 is 14.6 Å². The molecule has 0 bridgehead atoms. The van der Waals surface area contributed by atoms with Crippen LogP contribution in [0, 0.1) is 0 Å². The summed E-state index contributed by atoms with van der Waals surface area (Å²) in [6, 6.07) is 10.7. The topological polar surface area (TPSA) is 120 Å². The van der Waals surface area contributed by atoms with Gasteiger partial charge in [0, 0.05) is 36.7 Å². The van der Waals surface area contributed by atoms with Crippen LogP contribution in [0.5, 0.6) is 5.75 Å². The molecule has 11 heteroatoms. The van der Waals surface area contributed by atoms with Crippen LogP contribution in [0.3, 0.4) is 0 Å². The van der Waals surface area contributed by atoms with Crippen molar-refractivity contribution in [3.8, 4) is 17.0 Å². The van der Waals surface area contributed by atoms with Crippen LogP contribution in [-0.4, -0.2) is 49.2 Å². The van der Waals surface area contributed by atoms with Gasteiger partial charge >= 0.3 is 11.7 Å². The Morgan fingerprint density at radius 3 is 2.77 bits per heavy atom. The van der Waals surface area contributed by atoms with Gasteiger partial charge in [-0.2, -0.15) is 0 Å². The fourth-order valence-corrected chi connectivity index (χ4v) is 5.84. The average molecular weight is 532 g/mol. The molecule has 0 spiro atoms. The van der Waals surface area contributed by atoms with Crippen LogP contribution in [0.15, 0.2) is 58.4 Å². The minimum absolute atomic E-state index is 0.0355. The molecule has 6 rings (SSSR count). The van der Waals surface area contributed by atoms with Gasteiger partial charge in [-0.1, -0.05) is 6.07 Å². The summed E-state index contributed by atoms with van der Waals surface area (Å²) in [4.78, 5) is 37.2. The van der Waals surface area contributed by atoms with Gasteiger partial charge in [-0.25, -0.2) is 14.3 Å². The van der Waals surface area contributed by atoms with Gasteiger partial charge in [0.25, 0.3) is 0 Å². The van der Waals surface area contributed by atoms with Crippen LogP contribution < -0.4 is 20.9 Å². The zero-order chi connectivity index (χ0) is 27.5. The van der Waals surface area contributed by atoms with Crippen LogP contribution in [-0.2, 0) is 17.9 Å². The molecule has 2 aliphatic heterocycles. The zero-order valence-electron chi connectivity index (χ0n) is 22.0. The minimum Gasteiger partial charge on any atom is -0.491 e. The van der Waals surface area contributed by atoms with Crippen LogP contribution in [0.4, 0.5) is 0 Å². The summed E-state index contributed by atoms with van der Waals surface area (Å²) in [7, 11) is 1.60. The quantitative estimate of drug-likeness (QED) is 0.387. The summed E-state index contributed by atoms with van der Waals surface area (Å²) >= 11 is 0. The molecular formula is C28H29N5O6. The van der Waals surface area contributed by atoms with Crippen molar-refractivity contribution in [1.82, 2.24) is 18.9 Å². The molecule has 1 atom stereocenters. The summed E-state index contributed by atoms with van der Waals surface area (Å²) in [6.07, 6.45) is 4.86. The van der Waals surface area contributed by atoms with E-state index in [1.807, 2.05) is 22.9 Å². The lowest BCUT2D eigenvalue weighted by atomic mass is 9.92. The Labute approximate surface area is 223 Å². The van der Waals surface area contributed by atoms with Gasteiger partial charge in [0.05, 0.1) is 30.4 Å². The molecule has 1 saturated heterocycles. The first-order valence-electron chi connectivity index (χ1n) is 12.8. The monoisotopic (exact) mass is 531 g/mol. The minimum atomic E-state index is -1.25. The molecule has 2 aliphatic rings. The Morgan fingerprint density at radius 1 is 1.21 bits per heavy atom. The molecule has 0 unspecified atom stereocenters. The Balaban J connectivity index is 1.40. The van der Waals surface area contributed by atoms with E-state index in [0.717, 1.165) is 29.5 Å². The highest BCUT2D eigenvalue weighted by atomic mass is 16.5. The third kappa shape index (κ3) is 4.00. The van der Waals surface area contributed by atoms with E-state index in [2.05, 4.69) is 24.0 Å².